The van der Waals surface area contributed by atoms with Crippen LogP contribution in [0.2, 0.25) is 10.0 Å². The van der Waals surface area contributed by atoms with E-state index >= 15 is 0 Å². The van der Waals surface area contributed by atoms with Crippen molar-refractivity contribution in [2.75, 3.05) is 25.0 Å². The first-order valence-corrected chi connectivity index (χ1v) is 12.9. The van der Waals surface area contributed by atoms with Crippen LogP contribution in [0.15, 0.2) is 53.9 Å². The highest BCUT2D eigenvalue weighted by Crippen LogP contribution is 2.47. The predicted octanol–water partition coefficient (Wildman–Crippen LogP) is 5.50. The largest absolute Gasteiger partial charge is 0.478 e. The zero-order valence-electron chi connectivity index (χ0n) is 19.6. The quantitative estimate of drug-likeness (QED) is 0.430. The Bertz CT molecular complexity index is 1360. The van der Waals surface area contributed by atoms with Crippen molar-refractivity contribution in [1.29, 1.82) is 0 Å². The number of anilines is 1. The van der Waals surface area contributed by atoms with Crippen molar-refractivity contribution in [3.05, 3.63) is 85.5 Å². The van der Waals surface area contributed by atoms with E-state index in [0.29, 0.717) is 35.4 Å². The summed E-state index contributed by atoms with van der Waals surface area (Å²) in [6.45, 7) is 3.30. The maximum Gasteiger partial charge on any atom is 0.336 e. The molecule has 3 amide bonds. The summed E-state index contributed by atoms with van der Waals surface area (Å²) in [5.74, 6) is -1.60. The van der Waals surface area contributed by atoms with Gasteiger partial charge < -0.3 is 10.0 Å². The summed E-state index contributed by atoms with van der Waals surface area (Å²) >= 11 is 13.8. The fourth-order valence-corrected chi connectivity index (χ4v) is 6.63. The summed E-state index contributed by atoms with van der Waals surface area (Å²) in [6, 6.07) is 13.9. The Morgan fingerprint density at radius 2 is 1.78 bits per heavy atom. The summed E-state index contributed by atoms with van der Waals surface area (Å²) in [5, 5.41) is 11.6. The minimum Gasteiger partial charge on any atom is -0.478 e. The molecule has 5 rings (SSSR count). The second-order valence-electron chi connectivity index (χ2n) is 9.27. The van der Waals surface area contributed by atoms with E-state index in [1.807, 2.05) is 31.2 Å². The third-order valence-corrected chi connectivity index (χ3v) is 8.36. The first-order chi connectivity index (χ1) is 17.1. The van der Waals surface area contributed by atoms with Gasteiger partial charge in [-0.05, 0) is 36.8 Å². The summed E-state index contributed by atoms with van der Waals surface area (Å²) < 4.78 is 0. The Morgan fingerprint density at radius 1 is 1.11 bits per heavy atom. The number of halogens is 2. The summed E-state index contributed by atoms with van der Waals surface area (Å²) in [7, 11) is 1.66. The van der Waals surface area contributed by atoms with Gasteiger partial charge in [0.25, 0.3) is 5.91 Å². The molecule has 36 heavy (non-hydrogen) atoms. The lowest BCUT2D eigenvalue weighted by atomic mass is 9.80. The molecule has 3 heterocycles. The summed E-state index contributed by atoms with van der Waals surface area (Å²) in [4.78, 5) is 44.8. The van der Waals surface area contributed by atoms with Gasteiger partial charge in [0.05, 0.1) is 11.3 Å². The molecule has 3 aromatic rings. The van der Waals surface area contributed by atoms with E-state index in [0.717, 1.165) is 20.9 Å². The number of nitrogens with zero attached hydrogens (tertiary/aromatic N) is 3. The highest BCUT2D eigenvalue weighted by atomic mass is 35.5. The Morgan fingerprint density at radius 3 is 2.39 bits per heavy atom. The van der Waals surface area contributed by atoms with Gasteiger partial charge in [0.15, 0.2) is 0 Å². The lowest BCUT2D eigenvalue weighted by Crippen LogP contribution is -2.53. The zero-order valence-corrected chi connectivity index (χ0v) is 21.9. The number of hydrogen-bond acceptors (Lipinski definition) is 5. The van der Waals surface area contributed by atoms with Gasteiger partial charge in [0.2, 0.25) is 0 Å². The van der Waals surface area contributed by atoms with E-state index in [1.165, 1.54) is 16.2 Å². The molecule has 186 valence electrons. The molecule has 1 N–H and O–H groups in total. The molecule has 0 saturated carbocycles. The first-order valence-electron chi connectivity index (χ1n) is 11.3. The zero-order chi connectivity index (χ0) is 25.8. The number of likely N-dealkylation sites (N-methyl/N-ethyl adjacent to an activating group) is 1. The lowest BCUT2D eigenvalue weighted by Gasteiger charge is -2.34. The third-order valence-electron chi connectivity index (χ3n) is 7.00. The maximum atomic E-state index is 14.2. The fourth-order valence-electron chi connectivity index (χ4n) is 5.22. The SMILES string of the molecule is Cc1ccc([C@H]2CN(Cc3cc(C(=O)O)cs3)C[C@@]23C(=O)N(c2cc(Cl)cc(Cl)c2)C(=O)N3C)cc1. The molecule has 0 radical (unpaired) electrons. The van der Waals surface area contributed by atoms with Crippen LogP contribution >= 0.6 is 34.5 Å². The molecule has 2 aromatic carbocycles. The van der Waals surface area contributed by atoms with Crippen LogP contribution in [0, 0.1) is 6.92 Å². The monoisotopic (exact) mass is 543 g/mol. The van der Waals surface area contributed by atoms with E-state index in [-0.39, 0.29) is 17.4 Å². The first kappa shape index (κ1) is 24.8. The van der Waals surface area contributed by atoms with E-state index < -0.39 is 17.5 Å². The number of aromatic carboxylic acids is 1. The van der Waals surface area contributed by atoms with Crippen LogP contribution in [0.4, 0.5) is 10.5 Å². The molecule has 2 atom stereocenters. The Balaban J connectivity index is 1.56. The molecule has 7 nitrogen and oxygen atoms in total. The van der Waals surface area contributed by atoms with Gasteiger partial charge in [-0.3, -0.25) is 9.69 Å². The van der Waals surface area contributed by atoms with Crippen molar-refractivity contribution in [2.24, 2.45) is 0 Å². The van der Waals surface area contributed by atoms with Gasteiger partial charge in [-0.15, -0.1) is 11.3 Å². The number of thiophene rings is 1. The van der Waals surface area contributed by atoms with Gasteiger partial charge in [-0.25, -0.2) is 14.5 Å². The van der Waals surface area contributed by atoms with Crippen LogP contribution in [0.25, 0.3) is 0 Å². The molecule has 2 aliphatic rings. The maximum absolute atomic E-state index is 14.2. The number of likely N-dealkylation sites (tertiary alicyclic amines) is 1. The molecular formula is C26H23Cl2N3O4S. The van der Waals surface area contributed by atoms with Crippen LogP contribution in [-0.4, -0.2) is 58.5 Å². The number of hydrogen-bond donors (Lipinski definition) is 1. The van der Waals surface area contributed by atoms with Crippen molar-refractivity contribution in [2.45, 2.75) is 24.9 Å². The average Bonchev–Trinajstić information content (AvgIpc) is 3.48. The number of imide groups is 1. The number of urea groups is 1. The van der Waals surface area contributed by atoms with E-state index in [2.05, 4.69) is 4.90 Å². The Kier molecular flexibility index (Phi) is 6.32. The summed E-state index contributed by atoms with van der Waals surface area (Å²) in [6.07, 6.45) is 0. The van der Waals surface area contributed by atoms with Gasteiger partial charge in [-0.1, -0.05) is 53.0 Å². The number of carboxylic acid groups (broad SMARTS) is 1. The average molecular weight is 544 g/mol. The number of benzene rings is 2. The van der Waals surface area contributed by atoms with Crippen molar-refractivity contribution in [3.8, 4) is 0 Å². The predicted molar refractivity (Wildman–Crippen MR) is 140 cm³/mol. The smallest absolute Gasteiger partial charge is 0.336 e. The number of carboxylic acids is 1. The van der Waals surface area contributed by atoms with E-state index in [1.54, 1.807) is 36.7 Å². The molecule has 10 heteroatoms. The number of amides is 3. The molecule has 1 aromatic heterocycles. The van der Waals surface area contributed by atoms with Gasteiger partial charge in [0.1, 0.15) is 5.54 Å². The topological polar surface area (TPSA) is 81.2 Å². The van der Waals surface area contributed by atoms with Crippen LogP contribution in [0.1, 0.15) is 32.3 Å². The minimum atomic E-state index is -1.14. The summed E-state index contributed by atoms with van der Waals surface area (Å²) in [5.41, 5.74) is 1.48. The number of rotatable bonds is 5. The standard InChI is InChI=1S/C26H23Cl2N3O4S/c1-15-3-5-16(6-4-15)22-12-30(11-21-7-17(13-36-21)23(32)33)14-26(22)24(34)31(25(35)29(26)2)20-9-18(27)8-19(28)10-20/h3-10,13,22H,11-12,14H2,1-2H3,(H,32,33)/t22-,26+/m1/s1. The van der Waals surface area contributed by atoms with Crippen LogP contribution in [0.5, 0.6) is 0 Å². The number of aryl methyl sites for hydroxylation is 1. The fraction of sp³-hybridized carbons (Fsp3) is 0.269. The van der Waals surface area contributed by atoms with Crippen molar-refractivity contribution in [3.63, 3.8) is 0 Å². The highest BCUT2D eigenvalue weighted by Gasteiger charge is 2.64. The second-order valence-corrected chi connectivity index (χ2v) is 11.1. The van der Waals surface area contributed by atoms with Gasteiger partial charge in [-0.2, -0.15) is 0 Å². The van der Waals surface area contributed by atoms with Crippen LogP contribution < -0.4 is 4.90 Å². The van der Waals surface area contributed by atoms with Crippen molar-refractivity contribution < 1.29 is 19.5 Å². The number of carbonyl (C=O) groups excluding carboxylic acids is 2. The van der Waals surface area contributed by atoms with E-state index in [9.17, 15) is 19.5 Å². The van der Waals surface area contributed by atoms with Crippen molar-refractivity contribution >= 4 is 58.1 Å². The molecule has 0 unspecified atom stereocenters. The van der Waals surface area contributed by atoms with Crippen LogP contribution in [0.3, 0.4) is 0 Å². The van der Waals surface area contributed by atoms with E-state index in [4.69, 9.17) is 23.2 Å². The van der Waals surface area contributed by atoms with Crippen molar-refractivity contribution in [1.82, 2.24) is 9.80 Å². The number of carbonyl (C=O) groups is 3. The molecular weight excluding hydrogens is 521 g/mol. The highest BCUT2D eigenvalue weighted by molar-refractivity contribution is 7.10. The van der Waals surface area contributed by atoms with Gasteiger partial charge >= 0.3 is 12.0 Å². The molecule has 2 aliphatic heterocycles. The Hall–Kier alpha value is -2.91. The third kappa shape index (κ3) is 4.08. The molecule has 1 spiro atoms. The lowest BCUT2D eigenvalue weighted by molar-refractivity contribution is -0.124. The normalized spacial score (nSPS) is 22.3. The van der Waals surface area contributed by atoms with Crippen LogP contribution in [-0.2, 0) is 11.3 Å². The molecule has 2 saturated heterocycles. The molecule has 0 aliphatic carbocycles. The Labute approximate surface area is 222 Å². The van der Waals surface area contributed by atoms with Gasteiger partial charge in [0, 0.05) is 52.9 Å². The molecule has 0 bridgehead atoms. The molecule has 2 fully saturated rings. The minimum absolute atomic E-state index is 0.243. The second kappa shape index (κ2) is 9.19.